The highest BCUT2D eigenvalue weighted by Crippen LogP contribution is 2.39. The van der Waals surface area contributed by atoms with Gasteiger partial charge in [-0.3, -0.25) is 14.5 Å². The van der Waals surface area contributed by atoms with Crippen molar-refractivity contribution in [2.75, 3.05) is 25.0 Å². The summed E-state index contributed by atoms with van der Waals surface area (Å²) in [4.78, 5) is 28.1. The third-order valence-corrected chi connectivity index (χ3v) is 7.50. The fraction of sp³-hybridized carbons (Fsp3) is 0.226. The molecule has 2 heterocycles. The number of carbonyl (C=O) groups is 2. The number of phenols is 1. The Labute approximate surface area is 237 Å². The zero-order chi connectivity index (χ0) is 27.5. The molecular weight excluding hydrogens is 535 g/mol. The van der Waals surface area contributed by atoms with E-state index in [1.807, 2.05) is 31.2 Å². The molecule has 0 bridgehead atoms. The normalized spacial score (nSPS) is 17.2. The largest absolute Gasteiger partial charge is 0.507 e. The van der Waals surface area contributed by atoms with Crippen LogP contribution in [-0.4, -0.2) is 41.4 Å². The van der Waals surface area contributed by atoms with Gasteiger partial charge in [0.15, 0.2) is 5.78 Å². The molecule has 6 nitrogen and oxygen atoms in total. The van der Waals surface area contributed by atoms with Gasteiger partial charge in [0.25, 0.3) is 0 Å². The standard InChI is InChI=1S/C31H28Cl2N2O4/c1-2-39-29-16-28(37)24(27(36)12-10-19-9-11-22(32)15-25(19)33)14-21(29)18-35-13-5-6-20(17-35)30-23-7-3-4-8-26(23)34-31(30)38/h3-4,6-12,14-16,30,37H,2,5,13,17-18H2,1H3,(H,34,38)/b12-10+. The first-order valence-corrected chi connectivity index (χ1v) is 13.6. The van der Waals surface area contributed by atoms with Crippen molar-refractivity contribution < 1.29 is 19.4 Å². The lowest BCUT2D eigenvalue weighted by Crippen LogP contribution is -2.32. The van der Waals surface area contributed by atoms with Crippen LogP contribution in [0.25, 0.3) is 6.08 Å². The van der Waals surface area contributed by atoms with E-state index in [1.165, 1.54) is 12.1 Å². The Kier molecular flexibility index (Phi) is 8.07. The first-order chi connectivity index (χ1) is 18.8. The number of ketones is 1. The number of anilines is 1. The van der Waals surface area contributed by atoms with Crippen LogP contribution in [-0.2, 0) is 11.3 Å². The van der Waals surface area contributed by atoms with Crippen molar-refractivity contribution in [1.29, 1.82) is 0 Å². The first kappa shape index (κ1) is 27.0. The highest BCUT2D eigenvalue weighted by Gasteiger charge is 2.34. The van der Waals surface area contributed by atoms with E-state index in [9.17, 15) is 14.7 Å². The summed E-state index contributed by atoms with van der Waals surface area (Å²) >= 11 is 12.2. The average molecular weight is 563 g/mol. The molecule has 2 aliphatic heterocycles. The number of phenolic OH excluding ortho intramolecular Hbond substituents is 1. The van der Waals surface area contributed by atoms with Crippen LogP contribution >= 0.6 is 23.2 Å². The summed E-state index contributed by atoms with van der Waals surface area (Å²) in [6.07, 6.45) is 5.94. The summed E-state index contributed by atoms with van der Waals surface area (Å²) in [6, 6.07) is 16.0. The van der Waals surface area contributed by atoms with Crippen molar-refractivity contribution in [2.45, 2.75) is 25.8 Å². The van der Waals surface area contributed by atoms with Gasteiger partial charge in [0.1, 0.15) is 11.5 Å². The van der Waals surface area contributed by atoms with Crippen LogP contribution in [0, 0.1) is 0 Å². The van der Waals surface area contributed by atoms with E-state index in [-0.39, 0.29) is 28.9 Å². The molecule has 5 rings (SSSR count). The maximum Gasteiger partial charge on any atom is 0.236 e. The summed E-state index contributed by atoms with van der Waals surface area (Å²) < 4.78 is 5.82. The second-order valence-electron chi connectivity index (χ2n) is 9.56. The Morgan fingerprint density at radius 3 is 2.79 bits per heavy atom. The number of ether oxygens (including phenoxy) is 1. The molecule has 200 valence electrons. The van der Waals surface area contributed by atoms with Crippen molar-refractivity contribution in [3.8, 4) is 11.5 Å². The smallest absolute Gasteiger partial charge is 0.236 e. The first-order valence-electron chi connectivity index (χ1n) is 12.8. The number of aromatic hydroxyl groups is 1. The SMILES string of the molecule is CCOc1cc(O)c(C(=O)/C=C/c2ccc(Cl)cc2Cl)cc1CN1CCC=C(C2C(=O)Nc3ccccc32)C1. The lowest BCUT2D eigenvalue weighted by Gasteiger charge is -2.30. The van der Waals surface area contributed by atoms with Gasteiger partial charge in [-0.1, -0.05) is 53.5 Å². The highest BCUT2D eigenvalue weighted by atomic mass is 35.5. The lowest BCUT2D eigenvalue weighted by molar-refractivity contribution is -0.116. The van der Waals surface area contributed by atoms with E-state index in [1.54, 1.807) is 30.3 Å². The molecule has 3 aromatic rings. The molecule has 2 aliphatic rings. The number of fused-ring (bicyclic) bond motifs is 1. The van der Waals surface area contributed by atoms with Gasteiger partial charge in [0.2, 0.25) is 5.91 Å². The van der Waals surface area contributed by atoms with Gasteiger partial charge in [0, 0.05) is 47.0 Å². The zero-order valence-corrected chi connectivity index (χ0v) is 22.9. The Bertz CT molecular complexity index is 1500. The zero-order valence-electron chi connectivity index (χ0n) is 21.4. The minimum Gasteiger partial charge on any atom is -0.507 e. The molecule has 0 radical (unpaired) electrons. The van der Waals surface area contributed by atoms with Crippen molar-refractivity contribution in [2.24, 2.45) is 0 Å². The van der Waals surface area contributed by atoms with Crippen molar-refractivity contribution in [1.82, 2.24) is 4.90 Å². The van der Waals surface area contributed by atoms with Crippen LogP contribution in [0.2, 0.25) is 10.0 Å². The minimum atomic E-state index is -0.360. The average Bonchev–Trinajstić information content (AvgIpc) is 3.25. The van der Waals surface area contributed by atoms with E-state index >= 15 is 0 Å². The maximum atomic E-state index is 13.1. The number of para-hydroxylation sites is 1. The summed E-state index contributed by atoms with van der Waals surface area (Å²) in [5, 5.41) is 14.6. The summed E-state index contributed by atoms with van der Waals surface area (Å²) in [7, 11) is 0. The maximum absolute atomic E-state index is 13.1. The second-order valence-corrected chi connectivity index (χ2v) is 10.4. The molecule has 1 atom stereocenters. The van der Waals surface area contributed by atoms with Gasteiger partial charge in [-0.15, -0.1) is 0 Å². The molecule has 39 heavy (non-hydrogen) atoms. The Morgan fingerprint density at radius 1 is 1.18 bits per heavy atom. The molecule has 0 aromatic heterocycles. The van der Waals surface area contributed by atoms with E-state index in [0.29, 0.717) is 41.1 Å². The van der Waals surface area contributed by atoms with Crippen LogP contribution in [0.3, 0.4) is 0 Å². The molecule has 1 amide bonds. The van der Waals surface area contributed by atoms with Gasteiger partial charge in [-0.2, -0.15) is 0 Å². The van der Waals surface area contributed by atoms with E-state index < -0.39 is 0 Å². The van der Waals surface area contributed by atoms with Crippen molar-refractivity contribution >= 4 is 46.7 Å². The number of amides is 1. The van der Waals surface area contributed by atoms with E-state index in [0.717, 1.165) is 35.4 Å². The molecule has 0 saturated heterocycles. The van der Waals surface area contributed by atoms with Gasteiger partial charge in [0.05, 0.1) is 18.1 Å². The van der Waals surface area contributed by atoms with Crippen molar-refractivity contribution in [3.63, 3.8) is 0 Å². The highest BCUT2D eigenvalue weighted by molar-refractivity contribution is 6.35. The van der Waals surface area contributed by atoms with Crippen LogP contribution in [0.5, 0.6) is 11.5 Å². The van der Waals surface area contributed by atoms with E-state index in [4.69, 9.17) is 27.9 Å². The van der Waals surface area contributed by atoms with Gasteiger partial charge < -0.3 is 15.2 Å². The molecule has 8 heteroatoms. The number of rotatable bonds is 8. The number of allylic oxidation sites excluding steroid dienone is 1. The second kappa shape index (κ2) is 11.7. The number of carbonyl (C=O) groups excluding carboxylic acids is 2. The Hall–Kier alpha value is -3.58. The number of nitrogens with one attached hydrogen (secondary N) is 1. The van der Waals surface area contributed by atoms with Gasteiger partial charge >= 0.3 is 0 Å². The van der Waals surface area contributed by atoms with Crippen LogP contribution in [0.1, 0.15) is 46.3 Å². The quantitative estimate of drug-likeness (QED) is 0.178. The number of halogens is 2. The summed E-state index contributed by atoms with van der Waals surface area (Å²) in [5.74, 6) is -0.309. The Morgan fingerprint density at radius 2 is 2.00 bits per heavy atom. The fourth-order valence-electron chi connectivity index (χ4n) is 5.11. The molecule has 1 unspecified atom stereocenters. The third-order valence-electron chi connectivity index (χ3n) is 6.94. The van der Waals surface area contributed by atoms with Crippen LogP contribution in [0.15, 0.2) is 72.3 Å². The molecule has 2 N–H and O–H groups in total. The van der Waals surface area contributed by atoms with Gasteiger partial charge in [-0.05, 0) is 66.5 Å². The Balaban J connectivity index is 1.37. The predicted octanol–water partition coefficient (Wildman–Crippen LogP) is 6.86. The number of hydrogen-bond donors (Lipinski definition) is 2. The third kappa shape index (κ3) is 5.88. The number of hydrogen-bond acceptors (Lipinski definition) is 5. The molecule has 0 aliphatic carbocycles. The van der Waals surface area contributed by atoms with Crippen molar-refractivity contribution in [3.05, 3.63) is 105 Å². The topological polar surface area (TPSA) is 78.9 Å². The lowest BCUT2D eigenvalue weighted by atomic mass is 9.89. The van der Waals surface area contributed by atoms with Gasteiger partial charge in [-0.25, -0.2) is 0 Å². The van der Waals surface area contributed by atoms with Crippen LogP contribution < -0.4 is 10.1 Å². The summed E-state index contributed by atoms with van der Waals surface area (Å²) in [6.45, 7) is 4.19. The molecule has 3 aromatic carbocycles. The van der Waals surface area contributed by atoms with Crippen LogP contribution in [0.4, 0.5) is 5.69 Å². The molecule has 0 spiro atoms. The monoisotopic (exact) mass is 562 g/mol. The number of benzene rings is 3. The molecule has 0 saturated carbocycles. The minimum absolute atomic E-state index is 0.00982. The predicted molar refractivity (Wildman–Crippen MR) is 155 cm³/mol. The van der Waals surface area contributed by atoms with E-state index in [2.05, 4.69) is 16.3 Å². The molecular formula is C31H28Cl2N2O4. The number of nitrogens with zero attached hydrogens (tertiary/aromatic N) is 1. The fourth-order valence-corrected chi connectivity index (χ4v) is 5.58. The summed E-state index contributed by atoms with van der Waals surface area (Å²) in [5.41, 5.74) is 4.51. The molecule has 0 fully saturated rings.